The summed E-state index contributed by atoms with van der Waals surface area (Å²) in [5.74, 6) is 0.823. The van der Waals surface area contributed by atoms with Crippen molar-refractivity contribution in [2.24, 2.45) is 4.99 Å². The van der Waals surface area contributed by atoms with Gasteiger partial charge in [0.05, 0.1) is 12.7 Å². The molecule has 1 aromatic carbocycles. The Morgan fingerprint density at radius 3 is 2.77 bits per heavy atom. The minimum atomic E-state index is -0.0106. The number of aliphatic imine (C=N–C) groups is 1. The van der Waals surface area contributed by atoms with Crippen molar-refractivity contribution in [1.82, 2.24) is 10.6 Å². The minimum Gasteiger partial charge on any atom is -0.379 e. The van der Waals surface area contributed by atoms with Crippen molar-refractivity contribution in [3.63, 3.8) is 0 Å². The van der Waals surface area contributed by atoms with Crippen LogP contribution in [0.1, 0.15) is 32.3 Å². The molecule has 2 rings (SSSR count). The lowest BCUT2D eigenvalue weighted by Gasteiger charge is -2.27. The fourth-order valence-electron chi connectivity index (χ4n) is 2.80. The lowest BCUT2D eigenvalue weighted by molar-refractivity contribution is 0.0420. The summed E-state index contributed by atoms with van der Waals surface area (Å²) in [6.07, 6.45) is 2.24. The lowest BCUT2D eigenvalue weighted by atomic mass is 9.84. The maximum absolute atomic E-state index is 5.77. The summed E-state index contributed by atoms with van der Waals surface area (Å²) >= 11 is 3.65. The number of guanidine groups is 1. The molecule has 0 bridgehead atoms. The van der Waals surface area contributed by atoms with Crippen molar-refractivity contribution in [3.8, 4) is 0 Å². The van der Waals surface area contributed by atoms with Gasteiger partial charge in [-0.15, -0.1) is 24.0 Å². The maximum atomic E-state index is 5.77. The third kappa shape index (κ3) is 7.70. The summed E-state index contributed by atoms with van der Waals surface area (Å²) in [4.78, 5) is 4.30. The van der Waals surface area contributed by atoms with E-state index in [1.807, 2.05) is 6.07 Å². The van der Waals surface area contributed by atoms with E-state index in [1.165, 1.54) is 5.56 Å². The second-order valence-corrected chi connectivity index (χ2v) is 7.78. The number of ether oxygens (including phenoxy) is 2. The second kappa shape index (κ2) is 12.2. The number of hydrogen-bond acceptors (Lipinski definition) is 3. The van der Waals surface area contributed by atoms with Crippen LogP contribution in [0.2, 0.25) is 0 Å². The Morgan fingerprint density at radius 2 is 2.12 bits per heavy atom. The molecule has 1 unspecified atom stereocenters. The van der Waals surface area contributed by atoms with E-state index < -0.39 is 0 Å². The van der Waals surface area contributed by atoms with Gasteiger partial charge >= 0.3 is 0 Å². The molecule has 0 saturated carbocycles. The van der Waals surface area contributed by atoms with Crippen LogP contribution in [0.5, 0.6) is 0 Å². The van der Waals surface area contributed by atoms with Gasteiger partial charge < -0.3 is 20.1 Å². The van der Waals surface area contributed by atoms with Gasteiger partial charge in [-0.05, 0) is 24.5 Å². The highest BCUT2D eigenvalue weighted by Gasteiger charge is 2.23. The molecule has 1 aliphatic rings. The van der Waals surface area contributed by atoms with E-state index in [9.17, 15) is 0 Å². The third-order valence-corrected chi connectivity index (χ3v) is 5.07. The van der Waals surface area contributed by atoms with Gasteiger partial charge in [0.15, 0.2) is 5.96 Å². The first-order chi connectivity index (χ1) is 12.0. The molecule has 26 heavy (non-hydrogen) atoms. The van der Waals surface area contributed by atoms with Crippen LogP contribution in [0.15, 0.2) is 33.7 Å². The normalized spacial score (nSPS) is 17.7. The number of nitrogens with zero attached hydrogens (tertiary/aromatic N) is 1. The molecule has 5 nitrogen and oxygen atoms in total. The Kier molecular flexibility index (Phi) is 11.1. The van der Waals surface area contributed by atoms with Crippen LogP contribution in [-0.4, -0.2) is 52.0 Å². The van der Waals surface area contributed by atoms with Crippen LogP contribution in [-0.2, 0) is 14.9 Å². The summed E-state index contributed by atoms with van der Waals surface area (Å²) in [7, 11) is 1.80. The van der Waals surface area contributed by atoms with Crippen molar-refractivity contribution in [3.05, 3.63) is 34.3 Å². The molecule has 0 aromatic heterocycles. The highest BCUT2D eigenvalue weighted by atomic mass is 127. The van der Waals surface area contributed by atoms with Gasteiger partial charge in [-0.25, -0.2) is 0 Å². The third-order valence-electron chi connectivity index (χ3n) is 4.38. The molecule has 1 aliphatic heterocycles. The van der Waals surface area contributed by atoms with Crippen molar-refractivity contribution in [2.75, 3.05) is 40.0 Å². The number of nitrogens with one attached hydrogen (secondary N) is 2. The molecular weight excluding hydrogens is 509 g/mol. The average molecular weight is 540 g/mol. The zero-order valence-electron chi connectivity index (χ0n) is 15.9. The van der Waals surface area contributed by atoms with E-state index in [4.69, 9.17) is 9.47 Å². The van der Waals surface area contributed by atoms with Crippen LogP contribution in [0.4, 0.5) is 0 Å². The van der Waals surface area contributed by atoms with Crippen LogP contribution in [0, 0.1) is 0 Å². The number of benzene rings is 1. The molecule has 1 heterocycles. The highest BCUT2D eigenvalue weighted by molar-refractivity contribution is 14.0. The Hall–Kier alpha value is -0.380. The van der Waals surface area contributed by atoms with E-state index in [0.717, 1.165) is 56.2 Å². The molecular formula is C19H31BrIN3O2. The van der Waals surface area contributed by atoms with Crippen LogP contribution in [0.3, 0.4) is 0 Å². The average Bonchev–Trinajstić information content (AvgIpc) is 3.11. The summed E-state index contributed by atoms with van der Waals surface area (Å²) < 4.78 is 12.2. The zero-order chi connectivity index (χ0) is 18.1. The lowest BCUT2D eigenvalue weighted by Crippen LogP contribution is -2.44. The van der Waals surface area contributed by atoms with Crippen molar-refractivity contribution in [2.45, 2.75) is 38.2 Å². The smallest absolute Gasteiger partial charge is 0.191 e. The number of halogens is 2. The highest BCUT2D eigenvalue weighted by Crippen LogP contribution is 2.29. The summed E-state index contributed by atoms with van der Waals surface area (Å²) in [6, 6.07) is 8.35. The van der Waals surface area contributed by atoms with Gasteiger partial charge in [-0.2, -0.15) is 0 Å². The Morgan fingerprint density at radius 1 is 1.35 bits per heavy atom. The summed E-state index contributed by atoms with van der Waals surface area (Å²) in [5, 5.41) is 6.77. The minimum absolute atomic E-state index is 0. The van der Waals surface area contributed by atoms with Crippen molar-refractivity contribution in [1.29, 1.82) is 0 Å². The van der Waals surface area contributed by atoms with Crippen LogP contribution >= 0.6 is 39.9 Å². The van der Waals surface area contributed by atoms with Gasteiger partial charge in [-0.3, -0.25) is 4.99 Å². The first-order valence-electron chi connectivity index (χ1n) is 8.92. The van der Waals surface area contributed by atoms with Crippen LogP contribution < -0.4 is 10.6 Å². The standard InChI is InChI=1S/C19H30BrN3O2.HI/c1-19(2,16-7-4-5-8-17(16)20)14-23-18(21-3)22-10-6-11-25-15-9-12-24-13-15;/h4-5,7-8,15H,6,9-14H2,1-3H3,(H2,21,22,23);1H. The van der Waals surface area contributed by atoms with Gasteiger partial charge in [-0.1, -0.05) is 48.0 Å². The van der Waals surface area contributed by atoms with E-state index in [2.05, 4.69) is 63.6 Å². The predicted molar refractivity (Wildman–Crippen MR) is 122 cm³/mol. The molecule has 148 valence electrons. The molecule has 0 spiro atoms. The summed E-state index contributed by atoms with van der Waals surface area (Å²) in [6.45, 7) is 8.40. The predicted octanol–water partition coefficient (Wildman–Crippen LogP) is 3.71. The summed E-state index contributed by atoms with van der Waals surface area (Å²) in [5.41, 5.74) is 1.27. The fraction of sp³-hybridized carbons (Fsp3) is 0.632. The number of rotatable bonds is 8. The van der Waals surface area contributed by atoms with Gasteiger partial charge in [0, 0.05) is 43.2 Å². The Bertz CT molecular complexity index is 563. The number of hydrogen-bond donors (Lipinski definition) is 2. The van der Waals surface area contributed by atoms with Crippen molar-refractivity contribution < 1.29 is 9.47 Å². The molecule has 0 radical (unpaired) electrons. The van der Waals surface area contributed by atoms with Crippen molar-refractivity contribution >= 4 is 45.9 Å². The second-order valence-electron chi connectivity index (χ2n) is 6.93. The molecule has 0 amide bonds. The Balaban J connectivity index is 0.00000338. The van der Waals surface area contributed by atoms with E-state index in [1.54, 1.807) is 7.05 Å². The molecule has 1 atom stereocenters. The van der Waals surface area contributed by atoms with E-state index in [0.29, 0.717) is 0 Å². The maximum Gasteiger partial charge on any atom is 0.191 e. The van der Waals surface area contributed by atoms with E-state index in [-0.39, 0.29) is 35.5 Å². The molecule has 1 fully saturated rings. The van der Waals surface area contributed by atoms with Crippen LogP contribution in [0.25, 0.3) is 0 Å². The first kappa shape index (κ1) is 23.7. The topological polar surface area (TPSA) is 54.9 Å². The van der Waals surface area contributed by atoms with Gasteiger partial charge in [0.1, 0.15) is 0 Å². The fourth-order valence-corrected chi connectivity index (χ4v) is 3.63. The van der Waals surface area contributed by atoms with Gasteiger partial charge in [0.25, 0.3) is 0 Å². The monoisotopic (exact) mass is 539 g/mol. The first-order valence-corrected chi connectivity index (χ1v) is 9.71. The molecule has 1 saturated heterocycles. The van der Waals surface area contributed by atoms with Gasteiger partial charge in [0.2, 0.25) is 0 Å². The largest absolute Gasteiger partial charge is 0.379 e. The molecule has 2 N–H and O–H groups in total. The quantitative estimate of drug-likeness (QED) is 0.229. The molecule has 7 heteroatoms. The molecule has 1 aromatic rings. The van der Waals surface area contributed by atoms with E-state index >= 15 is 0 Å². The zero-order valence-corrected chi connectivity index (χ0v) is 19.8. The molecule has 0 aliphatic carbocycles. The SMILES string of the molecule is CN=C(NCCCOC1CCOC1)NCC(C)(C)c1ccccc1Br.I. The Labute approximate surface area is 182 Å².